The van der Waals surface area contributed by atoms with Crippen LogP contribution in [0.1, 0.15) is 22.5 Å². The predicted octanol–water partition coefficient (Wildman–Crippen LogP) is 2.60. The molecule has 0 saturated carbocycles. The number of likely N-dealkylation sites (tertiary alicyclic amines) is 1. The molecule has 1 aromatic carbocycles. The van der Waals surface area contributed by atoms with Gasteiger partial charge in [-0.15, -0.1) is 11.3 Å². The standard InChI is InChI=1S/C14H15FN2OS/c15-10-3-4-12-9(6-10)7-13(19-12)14(18)17-5-1-2-11(17)8-16/h3-4,6-7,11H,1-2,5,8,16H2. The number of rotatable bonds is 2. The van der Waals surface area contributed by atoms with Gasteiger partial charge in [0.05, 0.1) is 4.88 Å². The number of carbonyl (C=O) groups is 1. The second-order valence-corrected chi connectivity index (χ2v) is 5.91. The highest BCUT2D eigenvalue weighted by Gasteiger charge is 2.29. The maximum absolute atomic E-state index is 13.2. The average Bonchev–Trinajstić information content (AvgIpc) is 3.03. The summed E-state index contributed by atoms with van der Waals surface area (Å²) in [4.78, 5) is 15.0. The van der Waals surface area contributed by atoms with Gasteiger partial charge in [-0.2, -0.15) is 0 Å². The summed E-state index contributed by atoms with van der Waals surface area (Å²) >= 11 is 1.41. The van der Waals surface area contributed by atoms with Crippen LogP contribution < -0.4 is 5.73 Å². The monoisotopic (exact) mass is 278 g/mol. The molecule has 2 heterocycles. The van der Waals surface area contributed by atoms with Crippen LogP contribution in [0.4, 0.5) is 4.39 Å². The van der Waals surface area contributed by atoms with Crippen LogP contribution in [-0.2, 0) is 0 Å². The molecule has 2 N–H and O–H groups in total. The summed E-state index contributed by atoms with van der Waals surface area (Å²) in [5.74, 6) is -0.250. The molecule has 0 aliphatic carbocycles. The first kappa shape index (κ1) is 12.6. The minimum atomic E-state index is -0.273. The van der Waals surface area contributed by atoms with Gasteiger partial charge in [0.1, 0.15) is 5.82 Å². The van der Waals surface area contributed by atoms with E-state index in [2.05, 4.69) is 0 Å². The molecule has 1 aromatic heterocycles. The molecule has 1 aliphatic heterocycles. The third-order valence-electron chi connectivity index (χ3n) is 3.60. The number of benzene rings is 1. The lowest BCUT2D eigenvalue weighted by Gasteiger charge is -2.22. The van der Waals surface area contributed by atoms with Gasteiger partial charge in [-0.05, 0) is 42.5 Å². The Kier molecular flexibility index (Phi) is 3.24. The van der Waals surface area contributed by atoms with Gasteiger partial charge in [0.2, 0.25) is 0 Å². The molecular formula is C14H15FN2OS. The van der Waals surface area contributed by atoms with Crippen LogP contribution in [0, 0.1) is 5.82 Å². The van der Waals surface area contributed by atoms with Crippen molar-refractivity contribution in [3.8, 4) is 0 Å². The van der Waals surface area contributed by atoms with Gasteiger partial charge < -0.3 is 10.6 Å². The van der Waals surface area contributed by atoms with Crippen molar-refractivity contribution < 1.29 is 9.18 Å². The van der Waals surface area contributed by atoms with Crippen molar-refractivity contribution in [1.82, 2.24) is 4.90 Å². The fourth-order valence-corrected chi connectivity index (χ4v) is 3.61. The third-order valence-corrected chi connectivity index (χ3v) is 4.70. The number of nitrogens with zero attached hydrogens (tertiary/aromatic N) is 1. The first-order valence-electron chi connectivity index (χ1n) is 6.39. The number of amides is 1. The Labute approximate surface area is 114 Å². The Morgan fingerprint density at radius 3 is 3.11 bits per heavy atom. The fraction of sp³-hybridized carbons (Fsp3) is 0.357. The van der Waals surface area contributed by atoms with E-state index in [1.54, 1.807) is 12.1 Å². The molecule has 100 valence electrons. The quantitative estimate of drug-likeness (QED) is 0.918. The maximum atomic E-state index is 13.2. The summed E-state index contributed by atoms with van der Waals surface area (Å²) in [7, 11) is 0. The molecule has 1 saturated heterocycles. The molecule has 1 atom stereocenters. The molecular weight excluding hydrogens is 263 g/mol. The van der Waals surface area contributed by atoms with E-state index in [4.69, 9.17) is 5.73 Å². The topological polar surface area (TPSA) is 46.3 Å². The summed E-state index contributed by atoms with van der Waals surface area (Å²) in [6.45, 7) is 1.27. The third kappa shape index (κ3) is 2.24. The lowest BCUT2D eigenvalue weighted by atomic mass is 10.2. The van der Waals surface area contributed by atoms with Crippen LogP contribution in [0.25, 0.3) is 10.1 Å². The average molecular weight is 278 g/mol. The first-order valence-corrected chi connectivity index (χ1v) is 7.21. The Hall–Kier alpha value is -1.46. The fourth-order valence-electron chi connectivity index (χ4n) is 2.61. The number of carbonyl (C=O) groups excluding carboxylic acids is 1. The Balaban J connectivity index is 1.93. The van der Waals surface area contributed by atoms with Crippen LogP contribution in [0.5, 0.6) is 0 Å². The molecule has 0 bridgehead atoms. The largest absolute Gasteiger partial charge is 0.334 e. The van der Waals surface area contributed by atoms with E-state index in [0.29, 0.717) is 11.4 Å². The molecule has 1 aliphatic rings. The molecule has 1 fully saturated rings. The SMILES string of the molecule is NCC1CCCN1C(=O)c1cc2cc(F)ccc2s1. The van der Waals surface area contributed by atoms with Crippen molar-refractivity contribution in [3.05, 3.63) is 35.0 Å². The summed E-state index contributed by atoms with van der Waals surface area (Å²) in [6.07, 6.45) is 1.98. The lowest BCUT2D eigenvalue weighted by molar-refractivity contribution is 0.0746. The van der Waals surface area contributed by atoms with Crippen molar-refractivity contribution in [3.63, 3.8) is 0 Å². The van der Waals surface area contributed by atoms with Crippen molar-refractivity contribution in [1.29, 1.82) is 0 Å². The summed E-state index contributed by atoms with van der Waals surface area (Å²) in [5.41, 5.74) is 5.69. The zero-order valence-electron chi connectivity index (χ0n) is 10.4. The number of fused-ring (bicyclic) bond motifs is 1. The van der Waals surface area contributed by atoms with Crippen LogP contribution >= 0.6 is 11.3 Å². The second kappa shape index (κ2) is 4.90. The van der Waals surface area contributed by atoms with E-state index < -0.39 is 0 Å². The maximum Gasteiger partial charge on any atom is 0.264 e. The smallest absolute Gasteiger partial charge is 0.264 e. The van der Waals surface area contributed by atoms with Gasteiger partial charge in [-0.1, -0.05) is 0 Å². The van der Waals surface area contributed by atoms with Crippen LogP contribution in [-0.4, -0.2) is 29.9 Å². The molecule has 19 heavy (non-hydrogen) atoms. The predicted molar refractivity (Wildman–Crippen MR) is 74.9 cm³/mol. The molecule has 5 heteroatoms. The minimum absolute atomic E-state index is 0.0227. The molecule has 1 unspecified atom stereocenters. The number of nitrogens with two attached hydrogens (primary N) is 1. The van der Waals surface area contributed by atoms with E-state index in [1.807, 2.05) is 4.90 Å². The Bertz CT molecular complexity index is 625. The van der Waals surface area contributed by atoms with E-state index in [1.165, 1.54) is 23.5 Å². The van der Waals surface area contributed by atoms with Gasteiger partial charge in [-0.3, -0.25) is 4.79 Å². The molecule has 0 radical (unpaired) electrons. The van der Waals surface area contributed by atoms with Gasteiger partial charge in [0.15, 0.2) is 0 Å². The van der Waals surface area contributed by atoms with Crippen molar-refractivity contribution in [2.75, 3.05) is 13.1 Å². The van der Waals surface area contributed by atoms with E-state index in [0.717, 1.165) is 29.5 Å². The summed E-state index contributed by atoms with van der Waals surface area (Å²) < 4.78 is 14.1. The van der Waals surface area contributed by atoms with Gasteiger partial charge in [0, 0.05) is 23.8 Å². The van der Waals surface area contributed by atoms with Gasteiger partial charge >= 0.3 is 0 Å². The van der Waals surface area contributed by atoms with E-state index in [9.17, 15) is 9.18 Å². The molecule has 3 nitrogen and oxygen atoms in total. The zero-order chi connectivity index (χ0) is 13.4. The highest BCUT2D eigenvalue weighted by molar-refractivity contribution is 7.20. The summed E-state index contributed by atoms with van der Waals surface area (Å²) in [5, 5.41) is 0.789. The highest BCUT2D eigenvalue weighted by atomic mass is 32.1. The molecule has 3 rings (SSSR count). The summed E-state index contributed by atoms with van der Waals surface area (Å²) in [6, 6.07) is 6.53. The van der Waals surface area contributed by atoms with Crippen LogP contribution in [0.3, 0.4) is 0 Å². The van der Waals surface area contributed by atoms with Gasteiger partial charge in [0.25, 0.3) is 5.91 Å². The first-order chi connectivity index (χ1) is 9.19. The molecule has 2 aromatic rings. The number of hydrogen-bond acceptors (Lipinski definition) is 3. The zero-order valence-corrected chi connectivity index (χ0v) is 11.3. The molecule has 1 amide bonds. The van der Waals surface area contributed by atoms with Crippen LogP contribution in [0.15, 0.2) is 24.3 Å². The van der Waals surface area contributed by atoms with Crippen molar-refractivity contribution in [2.45, 2.75) is 18.9 Å². The minimum Gasteiger partial charge on any atom is -0.334 e. The van der Waals surface area contributed by atoms with Crippen molar-refractivity contribution in [2.24, 2.45) is 5.73 Å². The molecule has 0 spiro atoms. The van der Waals surface area contributed by atoms with Crippen molar-refractivity contribution >= 4 is 27.3 Å². The lowest BCUT2D eigenvalue weighted by Crippen LogP contribution is -2.39. The van der Waals surface area contributed by atoms with E-state index >= 15 is 0 Å². The van der Waals surface area contributed by atoms with Gasteiger partial charge in [-0.25, -0.2) is 4.39 Å². The number of hydrogen-bond donors (Lipinski definition) is 1. The highest BCUT2D eigenvalue weighted by Crippen LogP contribution is 2.29. The Morgan fingerprint density at radius 1 is 1.47 bits per heavy atom. The number of thiophene rings is 1. The number of halogens is 1. The second-order valence-electron chi connectivity index (χ2n) is 4.82. The Morgan fingerprint density at radius 2 is 2.32 bits per heavy atom. The van der Waals surface area contributed by atoms with Crippen LogP contribution in [0.2, 0.25) is 0 Å². The normalized spacial score (nSPS) is 19.3. The van der Waals surface area contributed by atoms with E-state index in [-0.39, 0.29) is 17.8 Å².